The topological polar surface area (TPSA) is 0 Å². The molecule has 0 spiro atoms. The van der Waals surface area contributed by atoms with Gasteiger partial charge in [-0.3, -0.25) is 0 Å². The van der Waals surface area contributed by atoms with Crippen molar-refractivity contribution in [3.05, 3.63) is 48.6 Å². The lowest BCUT2D eigenvalue weighted by atomic mass is 10.1. The van der Waals surface area contributed by atoms with E-state index in [1.807, 2.05) is 0 Å². The highest BCUT2D eigenvalue weighted by Gasteiger charge is 2.36. The first kappa shape index (κ1) is 24.9. The average molecular weight is 471 g/mol. The monoisotopic (exact) mass is 470 g/mol. The van der Waals surface area contributed by atoms with E-state index >= 15 is 0 Å². The van der Waals surface area contributed by atoms with Gasteiger partial charge in [0, 0.05) is 0 Å². The van der Waals surface area contributed by atoms with Crippen LogP contribution in [0.25, 0.3) is 0 Å². The molecular formula is C30H48P2. The molecule has 0 heterocycles. The molecule has 2 heteroatoms. The number of hydrogen-bond acceptors (Lipinski definition) is 0. The SMILES string of the molecule is C[C@@H]([C@@H]1C=CCC1)P(CCP([C@@H](C)[C@H]1C=CCC1)[C@@H](C)[C@H]1C=CCC1)[C@@H](C)[C@@H]1C=CCC1. The molecule has 0 aromatic heterocycles. The number of allylic oxidation sites excluding steroid dienone is 8. The maximum atomic E-state index is 2.63. The van der Waals surface area contributed by atoms with Crippen molar-refractivity contribution in [3.63, 3.8) is 0 Å². The standard InChI is InChI=1S/C30H48P2/c1-23(27-13-5-6-14-27)31(24(2)28-15-7-8-16-28)21-22-32(25(3)29-17-9-10-18-29)26(4)30-19-11-12-20-30/h5,7,9,11,13,15,17,19,23-30H,6,8,10,12,14,16,18,20-22H2,1-4H3/t23-,24-,25-,26-,27-,28-,29+,30+/m0/s1. The second-order valence-electron chi connectivity index (χ2n) is 11.1. The van der Waals surface area contributed by atoms with Crippen molar-refractivity contribution < 1.29 is 0 Å². The van der Waals surface area contributed by atoms with E-state index in [2.05, 4.69) is 76.3 Å². The molecule has 4 rings (SSSR count). The van der Waals surface area contributed by atoms with Gasteiger partial charge in [-0.15, -0.1) is 0 Å². The first-order valence-corrected chi connectivity index (χ1v) is 17.1. The Labute approximate surface area is 202 Å². The van der Waals surface area contributed by atoms with Crippen LogP contribution in [-0.4, -0.2) is 35.0 Å². The van der Waals surface area contributed by atoms with E-state index < -0.39 is 0 Å². The molecule has 0 nitrogen and oxygen atoms in total. The third kappa shape index (κ3) is 5.89. The lowest BCUT2D eigenvalue weighted by Gasteiger charge is -2.40. The maximum absolute atomic E-state index is 2.63. The Morgan fingerprint density at radius 3 is 0.938 bits per heavy atom. The van der Waals surface area contributed by atoms with Crippen LogP contribution in [-0.2, 0) is 0 Å². The van der Waals surface area contributed by atoms with Crippen LogP contribution in [0.5, 0.6) is 0 Å². The van der Waals surface area contributed by atoms with E-state index in [9.17, 15) is 0 Å². The summed E-state index contributed by atoms with van der Waals surface area (Å²) in [5, 5.41) is 0. The van der Waals surface area contributed by atoms with Gasteiger partial charge in [-0.25, -0.2) is 0 Å². The summed E-state index contributed by atoms with van der Waals surface area (Å²) in [6, 6.07) is 0. The second kappa shape index (κ2) is 12.0. The van der Waals surface area contributed by atoms with E-state index in [0.717, 1.165) is 46.3 Å². The van der Waals surface area contributed by atoms with Crippen molar-refractivity contribution >= 4 is 15.8 Å². The number of hydrogen-bond donors (Lipinski definition) is 0. The molecule has 0 aromatic carbocycles. The highest BCUT2D eigenvalue weighted by atomic mass is 31.1. The van der Waals surface area contributed by atoms with Crippen LogP contribution in [0.15, 0.2) is 48.6 Å². The third-order valence-electron chi connectivity index (χ3n) is 9.39. The Hall–Kier alpha value is -0.180. The van der Waals surface area contributed by atoms with Crippen LogP contribution in [0.1, 0.15) is 79.1 Å². The minimum atomic E-state index is 0.0661. The van der Waals surface area contributed by atoms with Crippen molar-refractivity contribution in [2.75, 3.05) is 12.3 Å². The minimum Gasteiger partial charge on any atom is -0.0994 e. The van der Waals surface area contributed by atoms with Gasteiger partial charge in [0.25, 0.3) is 0 Å². The van der Waals surface area contributed by atoms with Crippen LogP contribution < -0.4 is 0 Å². The first-order valence-electron chi connectivity index (χ1n) is 13.7. The van der Waals surface area contributed by atoms with Crippen molar-refractivity contribution in [2.45, 2.75) is 102 Å². The van der Waals surface area contributed by atoms with Crippen LogP contribution >= 0.6 is 15.8 Å². The quantitative estimate of drug-likeness (QED) is 0.208. The molecule has 4 aliphatic rings. The highest BCUT2D eigenvalue weighted by molar-refractivity contribution is 7.63. The average Bonchev–Trinajstić information content (AvgIpc) is 3.62. The fourth-order valence-electron chi connectivity index (χ4n) is 7.00. The molecule has 0 amide bonds. The summed E-state index contributed by atoms with van der Waals surface area (Å²) in [6.45, 7) is 10.5. The largest absolute Gasteiger partial charge is 0.0994 e. The Bertz CT molecular complexity index is 588. The van der Waals surface area contributed by atoms with E-state index in [1.54, 1.807) is 0 Å². The van der Waals surface area contributed by atoms with Gasteiger partial charge in [-0.2, -0.15) is 0 Å². The molecule has 0 fully saturated rings. The highest BCUT2D eigenvalue weighted by Crippen LogP contribution is 2.60. The number of rotatable bonds is 11. The molecule has 8 atom stereocenters. The summed E-state index contributed by atoms with van der Waals surface area (Å²) in [7, 11) is 0.132. The van der Waals surface area contributed by atoms with Crippen molar-refractivity contribution in [1.29, 1.82) is 0 Å². The molecule has 0 radical (unpaired) electrons. The molecule has 0 saturated heterocycles. The van der Waals surface area contributed by atoms with Gasteiger partial charge in [0.05, 0.1) is 0 Å². The molecule has 32 heavy (non-hydrogen) atoms. The zero-order valence-corrected chi connectivity index (χ0v) is 23.0. The molecule has 0 unspecified atom stereocenters. The molecule has 0 aliphatic heterocycles. The lowest BCUT2D eigenvalue weighted by Crippen LogP contribution is -2.27. The molecule has 0 saturated carbocycles. The Morgan fingerprint density at radius 2 is 0.750 bits per heavy atom. The van der Waals surface area contributed by atoms with Gasteiger partial charge in [-0.05, 0) is 110 Å². The molecule has 178 valence electrons. The Balaban J connectivity index is 1.49. The Kier molecular flexibility index (Phi) is 9.34. The minimum absolute atomic E-state index is 0.0661. The van der Waals surface area contributed by atoms with Crippen molar-refractivity contribution in [2.24, 2.45) is 23.7 Å². The van der Waals surface area contributed by atoms with Crippen molar-refractivity contribution in [1.82, 2.24) is 0 Å². The Morgan fingerprint density at radius 1 is 0.500 bits per heavy atom. The summed E-state index contributed by atoms with van der Waals surface area (Å²) in [6.07, 6.45) is 34.1. The van der Waals surface area contributed by atoms with Gasteiger partial charge < -0.3 is 0 Å². The fraction of sp³-hybridized carbons (Fsp3) is 0.733. The maximum Gasteiger partial charge on any atom is -0.0165 e. The molecule has 0 N–H and O–H groups in total. The van der Waals surface area contributed by atoms with Crippen LogP contribution in [0.3, 0.4) is 0 Å². The smallest absolute Gasteiger partial charge is 0.0165 e. The normalized spacial score (nSPS) is 33.1. The van der Waals surface area contributed by atoms with Gasteiger partial charge in [0.2, 0.25) is 0 Å². The van der Waals surface area contributed by atoms with Gasteiger partial charge in [0.15, 0.2) is 0 Å². The summed E-state index contributed by atoms with van der Waals surface area (Å²) in [5.41, 5.74) is 3.59. The van der Waals surface area contributed by atoms with Crippen molar-refractivity contribution in [3.8, 4) is 0 Å². The lowest BCUT2D eigenvalue weighted by molar-refractivity contribution is 0.582. The predicted octanol–water partition coefficient (Wildman–Crippen LogP) is 9.37. The summed E-state index contributed by atoms with van der Waals surface area (Å²) in [5.74, 6) is 3.41. The summed E-state index contributed by atoms with van der Waals surface area (Å²) < 4.78 is 0. The first-order chi connectivity index (χ1) is 15.6. The molecule has 0 bridgehead atoms. The third-order valence-corrected chi connectivity index (χ3v) is 16.9. The van der Waals surface area contributed by atoms with E-state index in [4.69, 9.17) is 0 Å². The van der Waals surface area contributed by atoms with E-state index in [1.165, 1.54) is 63.7 Å². The molecular weight excluding hydrogens is 422 g/mol. The van der Waals surface area contributed by atoms with Gasteiger partial charge in [-0.1, -0.05) is 92.1 Å². The van der Waals surface area contributed by atoms with Crippen LogP contribution in [0.4, 0.5) is 0 Å². The zero-order chi connectivity index (χ0) is 22.5. The van der Waals surface area contributed by atoms with Gasteiger partial charge >= 0.3 is 0 Å². The summed E-state index contributed by atoms with van der Waals surface area (Å²) >= 11 is 0. The molecule has 4 aliphatic carbocycles. The molecule has 0 aromatic rings. The van der Waals surface area contributed by atoms with Crippen LogP contribution in [0, 0.1) is 23.7 Å². The predicted molar refractivity (Wildman–Crippen MR) is 149 cm³/mol. The zero-order valence-electron chi connectivity index (χ0n) is 21.2. The fourth-order valence-corrected chi connectivity index (χ4v) is 14.9. The second-order valence-corrected chi connectivity index (χ2v) is 17.3. The van der Waals surface area contributed by atoms with E-state index in [-0.39, 0.29) is 15.8 Å². The van der Waals surface area contributed by atoms with E-state index in [0.29, 0.717) is 0 Å². The summed E-state index contributed by atoms with van der Waals surface area (Å²) in [4.78, 5) is 0. The van der Waals surface area contributed by atoms with Gasteiger partial charge in [0.1, 0.15) is 0 Å². The van der Waals surface area contributed by atoms with Crippen LogP contribution in [0.2, 0.25) is 0 Å².